The second kappa shape index (κ2) is 2.70. The first-order valence-corrected chi connectivity index (χ1v) is 6.88. The summed E-state index contributed by atoms with van der Waals surface area (Å²) in [6.07, 6.45) is 4.77. The number of hydrogen-bond donors (Lipinski definition) is 0. The summed E-state index contributed by atoms with van der Waals surface area (Å²) in [6.45, 7) is 7.16. The van der Waals surface area contributed by atoms with E-state index in [0.29, 0.717) is 22.4 Å². The smallest absolute Gasteiger partial charge is 0.100 e. The Bertz CT molecular complexity index is 263. The summed E-state index contributed by atoms with van der Waals surface area (Å²) in [6, 6.07) is 0. The first-order valence-electron chi connectivity index (χ1n) is 5.83. The lowest BCUT2D eigenvalue weighted by Crippen LogP contribution is -2.46. The Balaban J connectivity index is 1.97. The summed E-state index contributed by atoms with van der Waals surface area (Å²) < 4.78 is 6.13. The highest BCUT2D eigenvalue weighted by molar-refractivity contribution is 7.99. The van der Waals surface area contributed by atoms with Gasteiger partial charge in [-0.05, 0) is 37.5 Å². The van der Waals surface area contributed by atoms with Gasteiger partial charge >= 0.3 is 0 Å². The summed E-state index contributed by atoms with van der Waals surface area (Å²) in [5.41, 5.74) is 1.49. The van der Waals surface area contributed by atoms with E-state index in [1.807, 2.05) is 11.8 Å². The molecule has 0 N–H and O–H groups in total. The van der Waals surface area contributed by atoms with Gasteiger partial charge in [0.1, 0.15) is 5.44 Å². The molecule has 3 fully saturated rings. The van der Waals surface area contributed by atoms with E-state index in [1.165, 1.54) is 25.0 Å². The van der Waals surface area contributed by atoms with Crippen LogP contribution in [0, 0.1) is 16.7 Å². The normalized spacial score (nSPS) is 54.6. The number of fused-ring (bicyclic) bond motifs is 1. The average molecular weight is 212 g/mol. The molecule has 0 unspecified atom stereocenters. The van der Waals surface area contributed by atoms with Crippen molar-refractivity contribution in [2.45, 2.75) is 51.6 Å². The summed E-state index contributed by atoms with van der Waals surface area (Å²) in [7, 11) is 0. The van der Waals surface area contributed by atoms with Crippen LogP contribution in [0.5, 0.6) is 0 Å². The van der Waals surface area contributed by atoms with Gasteiger partial charge in [0.15, 0.2) is 0 Å². The van der Waals surface area contributed by atoms with Crippen molar-refractivity contribution in [2.24, 2.45) is 16.7 Å². The van der Waals surface area contributed by atoms with Crippen molar-refractivity contribution < 1.29 is 4.74 Å². The van der Waals surface area contributed by atoms with E-state index < -0.39 is 0 Å². The highest BCUT2D eigenvalue weighted by Crippen LogP contribution is 2.69. The van der Waals surface area contributed by atoms with Gasteiger partial charge in [-0.15, -0.1) is 11.8 Å². The van der Waals surface area contributed by atoms with Crippen LogP contribution in [0.15, 0.2) is 0 Å². The van der Waals surface area contributed by atoms with E-state index in [2.05, 4.69) is 20.8 Å². The zero-order valence-corrected chi connectivity index (χ0v) is 10.2. The summed E-state index contributed by atoms with van der Waals surface area (Å²) in [4.78, 5) is 0. The van der Waals surface area contributed by atoms with Gasteiger partial charge in [-0.3, -0.25) is 0 Å². The van der Waals surface area contributed by atoms with Crippen LogP contribution in [-0.4, -0.2) is 17.3 Å². The molecule has 1 nitrogen and oxygen atoms in total. The maximum atomic E-state index is 6.13. The van der Waals surface area contributed by atoms with Gasteiger partial charge in [-0.1, -0.05) is 13.8 Å². The standard InChI is InChI=1S/C12H20OS/c1-8-13-10-6-9-4-5-12(10,7-14-8)11(9,2)3/h8-10H,4-7H2,1-3H3/t8-,9-,10-,12-/m1/s1. The highest BCUT2D eigenvalue weighted by atomic mass is 32.2. The Kier molecular flexibility index (Phi) is 1.84. The second-order valence-electron chi connectivity index (χ2n) is 5.85. The third kappa shape index (κ3) is 0.923. The minimum absolute atomic E-state index is 0.431. The van der Waals surface area contributed by atoms with Crippen molar-refractivity contribution in [1.82, 2.24) is 0 Å². The molecule has 1 heterocycles. The van der Waals surface area contributed by atoms with E-state index in [4.69, 9.17) is 4.74 Å². The molecule has 2 aliphatic carbocycles. The molecule has 0 aromatic heterocycles. The van der Waals surface area contributed by atoms with E-state index in [9.17, 15) is 0 Å². The van der Waals surface area contributed by atoms with Gasteiger partial charge in [0.2, 0.25) is 0 Å². The van der Waals surface area contributed by atoms with Crippen molar-refractivity contribution in [3.05, 3.63) is 0 Å². The van der Waals surface area contributed by atoms with Gasteiger partial charge in [0.25, 0.3) is 0 Å². The van der Waals surface area contributed by atoms with Crippen LogP contribution in [0.3, 0.4) is 0 Å². The molecule has 1 aliphatic heterocycles. The van der Waals surface area contributed by atoms with Crippen LogP contribution < -0.4 is 0 Å². The van der Waals surface area contributed by atoms with Crippen LogP contribution in [0.4, 0.5) is 0 Å². The second-order valence-corrected chi connectivity index (χ2v) is 7.14. The van der Waals surface area contributed by atoms with Crippen molar-refractivity contribution in [3.63, 3.8) is 0 Å². The third-order valence-corrected chi connectivity index (χ3v) is 6.55. The summed E-state index contributed by atoms with van der Waals surface area (Å²) in [5.74, 6) is 2.26. The molecule has 2 heteroatoms. The van der Waals surface area contributed by atoms with Gasteiger partial charge in [-0.2, -0.15) is 0 Å². The lowest BCUT2D eigenvalue weighted by Gasteiger charge is -2.46. The fraction of sp³-hybridized carbons (Fsp3) is 1.00. The number of thioether (sulfide) groups is 1. The fourth-order valence-corrected chi connectivity index (χ4v) is 5.51. The van der Waals surface area contributed by atoms with E-state index in [0.717, 1.165) is 5.92 Å². The molecule has 0 radical (unpaired) electrons. The molecule has 0 aromatic carbocycles. The number of rotatable bonds is 0. The van der Waals surface area contributed by atoms with Crippen molar-refractivity contribution in [3.8, 4) is 0 Å². The molecular weight excluding hydrogens is 192 g/mol. The first-order chi connectivity index (χ1) is 6.56. The molecule has 1 spiro atoms. The van der Waals surface area contributed by atoms with Gasteiger partial charge in [-0.25, -0.2) is 0 Å². The Morgan fingerprint density at radius 3 is 2.86 bits per heavy atom. The minimum atomic E-state index is 0.431. The zero-order chi connectivity index (χ0) is 9.97. The van der Waals surface area contributed by atoms with E-state index in [1.54, 1.807) is 0 Å². The van der Waals surface area contributed by atoms with Crippen molar-refractivity contribution in [2.75, 3.05) is 5.75 Å². The van der Waals surface area contributed by atoms with Crippen LogP contribution in [-0.2, 0) is 4.74 Å². The molecule has 14 heavy (non-hydrogen) atoms. The van der Waals surface area contributed by atoms with Crippen molar-refractivity contribution >= 4 is 11.8 Å². The quantitative estimate of drug-likeness (QED) is 0.609. The SMILES string of the molecule is C[C@@H]1O[C@@H]2C[C@H]3CC[C@]2(CS1)C3(C)C. The van der Waals surface area contributed by atoms with Gasteiger partial charge < -0.3 is 4.74 Å². The van der Waals surface area contributed by atoms with E-state index >= 15 is 0 Å². The van der Waals surface area contributed by atoms with Crippen LogP contribution in [0.1, 0.15) is 40.0 Å². The fourth-order valence-electron chi connectivity index (χ4n) is 4.07. The maximum Gasteiger partial charge on any atom is 0.100 e. The van der Waals surface area contributed by atoms with Crippen molar-refractivity contribution in [1.29, 1.82) is 0 Å². The average Bonchev–Trinajstić information content (AvgIpc) is 2.49. The molecule has 2 bridgehead atoms. The number of ether oxygens (including phenoxy) is 1. The number of hydrogen-bond acceptors (Lipinski definition) is 2. The molecule has 80 valence electrons. The molecule has 3 aliphatic rings. The Labute approximate surface area is 91.0 Å². The lowest BCUT2D eigenvalue weighted by atomic mass is 9.69. The predicted molar refractivity (Wildman–Crippen MR) is 60.3 cm³/mol. The maximum absolute atomic E-state index is 6.13. The Morgan fingerprint density at radius 2 is 2.14 bits per heavy atom. The van der Waals surface area contributed by atoms with Crippen LogP contribution in [0.25, 0.3) is 0 Å². The minimum Gasteiger partial charge on any atom is -0.364 e. The molecule has 0 aromatic rings. The monoisotopic (exact) mass is 212 g/mol. The first kappa shape index (κ1) is 9.53. The Hall–Kier alpha value is 0.310. The largest absolute Gasteiger partial charge is 0.364 e. The topological polar surface area (TPSA) is 9.23 Å². The summed E-state index contributed by atoms with van der Waals surface area (Å²) in [5, 5.41) is 0. The van der Waals surface area contributed by atoms with Gasteiger partial charge in [0.05, 0.1) is 6.10 Å². The molecular formula is C12H20OS. The van der Waals surface area contributed by atoms with E-state index in [-0.39, 0.29) is 0 Å². The highest BCUT2D eigenvalue weighted by Gasteiger charge is 2.65. The predicted octanol–water partition coefficient (Wildman–Crippen LogP) is 3.29. The molecule has 3 rings (SSSR count). The molecule has 1 saturated heterocycles. The zero-order valence-electron chi connectivity index (χ0n) is 9.38. The van der Waals surface area contributed by atoms with Crippen LogP contribution in [0.2, 0.25) is 0 Å². The molecule has 2 saturated carbocycles. The molecule has 4 atom stereocenters. The molecule has 0 amide bonds. The Morgan fingerprint density at radius 1 is 1.36 bits per heavy atom. The third-order valence-electron chi connectivity index (χ3n) is 5.29. The summed E-state index contributed by atoms with van der Waals surface area (Å²) >= 11 is 2.02. The van der Waals surface area contributed by atoms with Crippen LogP contribution >= 0.6 is 11.8 Å². The van der Waals surface area contributed by atoms with Gasteiger partial charge in [0, 0.05) is 11.2 Å². The lowest BCUT2D eigenvalue weighted by molar-refractivity contribution is -0.0606.